The largest absolute Gasteiger partial charge is 0.444 e. The van der Waals surface area contributed by atoms with Crippen LogP contribution in [0.15, 0.2) is 0 Å². The van der Waals surface area contributed by atoms with Gasteiger partial charge in [0.15, 0.2) is 0 Å². The molecule has 1 aliphatic heterocycles. The molecule has 1 amide bonds. The maximum atomic E-state index is 11.5. The van der Waals surface area contributed by atoms with Gasteiger partial charge in [-0.15, -0.1) is 0 Å². The molecule has 5 nitrogen and oxygen atoms in total. The van der Waals surface area contributed by atoms with Crippen molar-refractivity contribution < 1.29 is 9.53 Å². The van der Waals surface area contributed by atoms with Crippen LogP contribution < -0.4 is 10.6 Å². The van der Waals surface area contributed by atoms with Crippen LogP contribution in [0.5, 0.6) is 0 Å². The normalized spacial score (nSPS) is 19.6. The lowest BCUT2D eigenvalue weighted by Gasteiger charge is -2.30. The molecule has 0 aromatic rings. The molecule has 0 aromatic heterocycles. The second kappa shape index (κ2) is 7.84. The summed E-state index contributed by atoms with van der Waals surface area (Å²) >= 11 is 0. The third-order valence-corrected chi connectivity index (χ3v) is 3.54. The van der Waals surface area contributed by atoms with Crippen molar-refractivity contribution in [3.8, 4) is 0 Å². The summed E-state index contributed by atoms with van der Waals surface area (Å²) in [5, 5.41) is 6.30. The van der Waals surface area contributed by atoms with E-state index in [-0.39, 0.29) is 12.1 Å². The standard InChI is InChI=1S/C15H31N3O2/c1-12(10-17-14(19)20-15(2,3)4)16-11-13-6-8-18(5)9-7-13/h12-13,16H,6-11H2,1-5H3,(H,17,19). The monoisotopic (exact) mass is 285 g/mol. The highest BCUT2D eigenvalue weighted by Crippen LogP contribution is 2.14. The van der Waals surface area contributed by atoms with Gasteiger partial charge < -0.3 is 20.3 Å². The topological polar surface area (TPSA) is 53.6 Å². The van der Waals surface area contributed by atoms with Crippen LogP contribution in [0.1, 0.15) is 40.5 Å². The first-order chi connectivity index (χ1) is 9.26. The molecule has 1 unspecified atom stereocenters. The summed E-state index contributed by atoms with van der Waals surface area (Å²) in [4.78, 5) is 13.9. The number of piperidine rings is 1. The van der Waals surface area contributed by atoms with Crippen molar-refractivity contribution in [1.82, 2.24) is 15.5 Å². The van der Waals surface area contributed by atoms with Crippen molar-refractivity contribution in [2.75, 3.05) is 33.2 Å². The van der Waals surface area contributed by atoms with E-state index >= 15 is 0 Å². The van der Waals surface area contributed by atoms with Crippen LogP contribution in [0.3, 0.4) is 0 Å². The molecule has 1 fully saturated rings. The van der Waals surface area contributed by atoms with Gasteiger partial charge >= 0.3 is 6.09 Å². The first-order valence-corrected chi connectivity index (χ1v) is 7.65. The molecule has 2 N–H and O–H groups in total. The van der Waals surface area contributed by atoms with Gasteiger partial charge in [0.1, 0.15) is 5.60 Å². The zero-order chi connectivity index (χ0) is 15.2. The number of likely N-dealkylation sites (tertiary alicyclic amines) is 1. The Morgan fingerprint density at radius 3 is 2.50 bits per heavy atom. The molecule has 0 aliphatic carbocycles. The Balaban J connectivity index is 2.11. The highest BCUT2D eigenvalue weighted by molar-refractivity contribution is 5.67. The predicted octanol–water partition coefficient (Wildman–Crippen LogP) is 1.83. The molecule has 1 atom stereocenters. The van der Waals surface area contributed by atoms with Gasteiger partial charge in [0, 0.05) is 12.6 Å². The minimum atomic E-state index is -0.436. The lowest BCUT2D eigenvalue weighted by Crippen LogP contribution is -2.43. The fourth-order valence-electron chi connectivity index (χ4n) is 2.26. The Kier molecular flexibility index (Phi) is 6.76. The Hall–Kier alpha value is -0.810. The van der Waals surface area contributed by atoms with Gasteiger partial charge in [0.05, 0.1) is 0 Å². The van der Waals surface area contributed by atoms with Crippen molar-refractivity contribution in [2.24, 2.45) is 5.92 Å². The molecule has 0 radical (unpaired) electrons. The molecule has 1 aliphatic rings. The number of alkyl carbamates (subject to hydrolysis) is 1. The number of hydrogen-bond acceptors (Lipinski definition) is 4. The van der Waals surface area contributed by atoms with Crippen molar-refractivity contribution in [2.45, 2.75) is 52.2 Å². The maximum absolute atomic E-state index is 11.5. The van der Waals surface area contributed by atoms with Gasteiger partial charge in [-0.2, -0.15) is 0 Å². The van der Waals surface area contributed by atoms with Crippen molar-refractivity contribution >= 4 is 6.09 Å². The number of carbonyl (C=O) groups is 1. The number of ether oxygens (including phenoxy) is 1. The Labute approximate surface area is 123 Å². The summed E-state index contributed by atoms with van der Waals surface area (Å²) in [5.41, 5.74) is -0.436. The van der Waals surface area contributed by atoms with Crippen LogP contribution in [0.25, 0.3) is 0 Å². The zero-order valence-corrected chi connectivity index (χ0v) is 13.7. The molecule has 0 saturated carbocycles. The van der Waals surface area contributed by atoms with Gasteiger partial charge in [-0.3, -0.25) is 0 Å². The number of carbonyl (C=O) groups excluding carboxylic acids is 1. The summed E-state index contributed by atoms with van der Waals surface area (Å²) in [6.07, 6.45) is 2.18. The van der Waals surface area contributed by atoms with E-state index < -0.39 is 5.60 Å². The van der Waals surface area contributed by atoms with Gasteiger partial charge in [0.25, 0.3) is 0 Å². The van der Waals surface area contributed by atoms with Crippen molar-refractivity contribution in [1.29, 1.82) is 0 Å². The Morgan fingerprint density at radius 1 is 1.35 bits per heavy atom. The molecule has 0 spiro atoms. The molecule has 5 heteroatoms. The third-order valence-electron chi connectivity index (χ3n) is 3.54. The van der Waals surface area contributed by atoms with E-state index in [0.717, 1.165) is 12.5 Å². The predicted molar refractivity (Wildman–Crippen MR) is 81.9 cm³/mol. The molecule has 118 valence electrons. The van der Waals surface area contributed by atoms with Gasteiger partial charge in [-0.1, -0.05) is 0 Å². The Bertz CT molecular complexity index is 294. The van der Waals surface area contributed by atoms with E-state index in [2.05, 4.69) is 29.5 Å². The molecule has 0 aromatic carbocycles. The molecule has 0 bridgehead atoms. The molecule has 1 saturated heterocycles. The van der Waals surface area contributed by atoms with Crippen LogP contribution in [-0.4, -0.2) is 55.9 Å². The molecule has 20 heavy (non-hydrogen) atoms. The summed E-state index contributed by atoms with van der Waals surface area (Å²) in [6, 6.07) is 0.266. The van der Waals surface area contributed by atoms with Crippen LogP contribution in [0.2, 0.25) is 0 Å². The van der Waals surface area contributed by atoms with E-state index in [4.69, 9.17) is 4.74 Å². The first-order valence-electron chi connectivity index (χ1n) is 7.65. The lowest BCUT2D eigenvalue weighted by atomic mass is 9.97. The lowest BCUT2D eigenvalue weighted by molar-refractivity contribution is 0.0523. The van der Waals surface area contributed by atoms with E-state index in [0.29, 0.717) is 6.54 Å². The number of rotatable bonds is 5. The number of nitrogens with zero attached hydrogens (tertiary/aromatic N) is 1. The third kappa shape index (κ3) is 7.70. The average Bonchev–Trinajstić information content (AvgIpc) is 2.33. The van der Waals surface area contributed by atoms with Crippen LogP contribution in [-0.2, 0) is 4.74 Å². The van der Waals surface area contributed by atoms with E-state index in [1.54, 1.807) is 0 Å². The second-order valence-corrected chi connectivity index (χ2v) is 6.94. The minimum Gasteiger partial charge on any atom is -0.444 e. The fourth-order valence-corrected chi connectivity index (χ4v) is 2.26. The average molecular weight is 285 g/mol. The molecule has 1 rings (SSSR count). The van der Waals surface area contributed by atoms with Gasteiger partial charge in [-0.05, 0) is 73.1 Å². The van der Waals surface area contributed by atoms with Gasteiger partial charge in [-0.25, -0.2) is 4.79 Å². The van der Waals surface area contributed by atoms with Crippen molar-refractivity contribution in [3.05, 3.63) is 0 Å². The zero-order valence-electron chi connectivity index (χ0n) is 13.7. The number of hydrogen-bond donors (Lipinski definition) is 2. The highest BCUT2D eigenvalue weighted by atomic mass is 16.6. The maximum Gasteiger partial charge on any atom is 0.407 e. The summed E-state index contributed by atoms with van der Waals surface area (Å²) < 4.78 is 5.21. The van der Waals surface area contributed by atoms with E-state index in [1.807, 2.05) is 20.8 Å². The molecular formula is C15H31N3O2. The SMILES string of the molecule is CC(CNC(=O)OC(C)(C)C)NCC1CCN(C)CC1. The minimum absolute atomic E-state index is 0.266. The van der Waals surface area contributed by atoms with Crippen LogP contribution in [0.4, 0.5) is 4.79 Å². The highest BCUT2D eigenvalue weighted by Gasteiger charge is 2.18. The molecule has 1 heterocycles. The van der Waals surface area contributed by atoms with Crippen molar-refractivity contribution in [3.63, 3.8) is 0 Å². The first kappa shape index (κ1) is 17.2. The number of nitrogens with one attached hydrogen (secondary N) is 2. The quantitative estimate of drug-likeness (QED) is 0.809. The summed E-state index contributed by atoms with van der Waals surface area (Å²) in [5.74, 6) is 0.759. The Morgan fingerprint density at radius 2 is 1.95 bits per heavy atom. The second-order valence-electron chi connectivity index (χ2n) is 6.94. The smallest absolute Gasteiger partial charge is 0.407 e. The van der Waals surface area contributed by atoms with Gasteiger partial charge in [0.2, 0.25) is 0 Å². The fraction of sp³-hybridized carbons (Fsp3) is 0.933. The molecular weight excluding hydrogens is 254 g/mol. The summed E-state index contributed by atoms with van der Waals surface area (Å²) in [6.45, 7) is 11.7. The van der Waals surface area contributed by atoms with E-state index in [9.17, 15) is 4.79 Å². The van der Waals surface area contributed by atoms with E-state index in [1.165, 1.54) is 25.9 Å². The number of amides is 1. The van der Waals surface area contributed by atoms with Crippen LogP contribution in [0, 0.1) is 5.92 Å². The summed E-state index contributed by atoms with van der Waals surface area (Å²) in [7, 11) is 2.18. The van der Waals surface area contributed by atoms with Crippen LogP contribution >= 0.6 is 0 Å².